The summed E-state index contributed by atoms with van der Waals surface area (Å²) in [5.74, 6) is -0.480. The van der Waals surface area contributed by atoms with E-state index in [9.17, 15) is 14.4 Å². The van der Waals surface area contributed by atoms with Crippen LogP contribution in [0.5, 0.6) is 5.88 Å². The lowest BCUT2D eigenvalue weighted by molar-refractivity contribution is 0.0693. The topological polar surface area (TPSA) is 88.6 Å². The van der Waals surface area contributed by atoms with Gasteiger partial charge in [0.05, 0.1) is 11.1 Å². The molecule has 7 nitrogen and oxygen atoms in total. The molecule has 2 aliphatic rings. The molecule has 0 spiro atoms. The van der Waals surface area contributed by atoms with Crippen LogP contribution in [0, 0.1) is 0 Å². The Hall–Kier alpha value is -3.22. The first-order valence-corrected chi connectivity index (χ1v) is 9.39. The largest absolute Gasteiger partial charge is 0.474 e. The average molecular weight is 379 g/mol. The van der Waals surface area contributed by atoms with Crippen molar-refractivity contribution in [2.24, 2.45) is 0 Å². The van der Waals surface area contributed by atoms with E-state index in [1.54, 1.807) is 12.3 Å². The molecule has 0 atom stereocenters. The molecule has 3 amide bonds. The Morgan fingerprint density at radius 1 is 1.14 bits per heavy atom. The summed E-state index contributed by atoms with van der Waals surface area (Å²) in [5, 5.41) is 2.83. The average Bonchev–Trinajstić information content (AvgIpc) is 3.29. The number of rotatable bonds is 5. The molecule has 1 saturated carbocycles. The third kappa shape index (κ3) is 3.47. The second-order valence-corrected chi connectivity index (χ2v) is 7.14. The lowest BCUT2D eigenvalue weighted by atomic mass is 10.1. The fourth-order valence-corrected chi connectivity index (χ4v) is 3.59. The summed E-state index contributed by atoms with van der Waals surface area (Å²) in [6.07, 6.45) is 6.37. The minimum Gasteiger partial charge on any atom is -0.474 e. The minimum absolute atomic E-state index is 0.224. The van der Waals surface area contributed by atoms with Crippen molar-refractivity contribution in [2.75, 3.05) is 7.05 Å². The molecule has 0 saturated heterocycles. The standard InChI is InChI=1S/C21H21N3O4/c1-24-20(26)16-7-6-14(11-17(16)21(24)27)19(25)23-12-13-8-9-22-18(10-13)28-15-4-2-3-5-15/h6-11,15H,2-5,12H2,1H3,(H,23,25). The van der Waals surface area contributed by atoms with E-state index >= 15 is 0 Å². The molecule has 2 aromatic rings. The zero-order chi connectivity index (χ0) is 19.7. The van der Waals surface area contributed by atoms with Gasteiger partial charge < -0.3 is 10.1 Å². The van der Waals surface area contributed by atoms with Gasteiger partial charge in [-0.25, -0.2) is 4.98 Å². The Balaban J connectivity index is 1.41. The molecule has 0 bridgehead atoms. The van der Waals surface area contributed by atoms with Crippen molar-refractivity contribution in [2.45, 2.75) is 38.3 Å². The van der Waals surface area contributed by atoms with E-state index in [1.165, 1.54) is 32.0 Å². The van der Waals surface area contributed by atoms with E-state index in [-0.39, 0.29) is 23.5 Å². The first-order chi connectivity index (χ1) is 13.5. The van der Waals surface area contributed by atoms with Crippen LogP contribution >= 0.6 is 0 Å². The first kappa shape index (κ1) is 18.2. The second kappa shape index (κ2) is 7.42. The summed E-state index contributed by atoms with van der Waals surface area (Å²) in [6.45, 7) is 0.312. The maximum Gasteiger partial charge on any atom is 0.261 e. The van der Waals surface area contributed by atoms with Crippen LogP contribution in [-0.2, 0) is 6.54 Å². The highest BCUT2D eigenvalue weighted by molar-refractivity contribution is 6.21. The molecule has 0 unspecified atom stereocenters. The van der Waals surface area contributed by atoms with Crippen LogP contribution in [0.15, 0.2) is 36.5 Å². The van der Waals surface area contributed by atoms with E-state index in [1.807, 2.05) is 12.1 Å². The molecule has 1 aliphatic heterocycles. The Bertz CT molecular complexity index is 950. The van der Waals surface area contributed by atoms with Crippen LogP contribution in [0.2, 0.25) is 0 Å². The lowest BCUT2D eigenvalue weighted by Gasteiger charge is -2.13. The van der Waals surface area contributed by atoms with E-state index in [4.69, 9.17) is 4.74 Å². The van der Waals surface area contributed by atoms with Crippen molar-refractivity contribution >= 4 is 17.7 Å². The summed E-state index contributed by atoms with van der Waals surface area (Å²) < 4.78 is 5.89. The lowest BCUT2D eigenvalue weighted by Crippen LogP contribution is -2.24. The van der Waals surface area contributed by atoms with Gasteiger partial charge in [-0.05, 0) is 55.5 Å². The maximum absolute atomic E-state index is 12.5. The zero-order valence-corrected chi connectivity index (χ0v) is 15.6. The fourth-order valence-electron chi connectivity index (χ4n) is 3.59. The van der Waals surface area contributed by atoms with Crippen LogP contribution in [0.25, 0.3) is 0 Å². The van der Waals surface area contributed by atoms with Crippen molar-refractivity contribution in [1.29, 1.82) is 0 Å². The molecule has 1 aromatic carbocycles. The molecule has 28 heavy (non-hydrogen) atoms. The molecule has 0 radical (unpaired) electrons. The number of carbonyl (C=O) groups excluding carboxylic acids is 3. The van der Waals surface area contributed by atoms with Crippen molar-refractivity contribution in [3.63, 3.8) is 0 Å². The number of amides is 3. The number of hydrogen-bond acceptors (Lipinski definition) is 5. The van der Waals surface area contributed by atoms with Gasteiger partial charge in [-0.3, -0.25) is 19.3 Å². The fraction of sp³-hybridized carbons (Fsp3) is 0.333. The highest BCUT2D eigenvalue weighted by Crippen LogP contribution is 2.24. The second-order valence-electron chi connectivity index (χ2n) is 7.14. The molecule has 1 N–H and O–H groups in total. The first-order valence-electron chi connectivity index (χ1n) is 9.39. The molecular formula is C21H21N3O4. The molecule has 1 fully saturated rings. The van der Waals surface area contributed by atoms with Crippen LogP contribution in [-0.4, -0.2) is 40.8 Å². The number of carbonyl (C=O) groups is 3. The van der Waals surface area contributed by atoms with Gasteiger partial charge in [-0.1, -0.05) is 0 Å². The quantitative estimate of drug-likeness (QED) is 0.807. The van der Waals surface area contributed by atoms with E-state index in [2.05, 4.69) is 10.3 Å². The van der Waals surface area contributed by atoms with Gasteiger partial charge in [0.1, 0.15) is 6.10 Å². The molecule has 7 heteroatoms. The van der Waals surface area contributed by atoms with Crippen LogP contribution in [0.4, 0.5) is 0 Å². The zero-order valence-electron chi connectivity index (χ0n) is 15.6. The smallest absolute Gasteiger partial charge is 0.261 e. The SMILES string of the molecule is CN1C(=O)c2ccc(C(=O)NCc3ccnc(OC4CCCC4)c3)cc2C1=O. The monoisotopic (exact) mass is 379 g/mol. The van der Waals surface area contributed by atoms with E-state index in [0.717, 1.165) is 23.3 Å². The number of benzene rings is 1. The maximum atomic E-state index is 12.5. The number of nitrogens with one attached hydrogen (secondary N) is 1. The minimum atomic E-state index is -0.391. The van der Waals surface area contributed by atoms with Crippen LogP contribution < -0.4 is 10.1 Å². The van der Waals surface area contributed by atoms with Crippen molar-refractivity contribution in [1.82, 2.24) is 15.2 Å². The van der Waals surface area contributed by atoms with E-state index in [0.29, 0.717) is 23.6 Å². The Morgan fingerprint density at radius 3 is 2.68 bits per heavy atom. The number of aromatic nitrogens is 1. The van der Waals surface area contributed by atoms with Gasteiger partial charge in [-0.15, -0.1) is 0 Å². The molecule has 2 heterocycles. The number of hydrogen-bond donors (Lipinski definition) is 1. The summed E-state index contributed by atoms with van der Waals surface area (Å²) >= 11 is 0. The van der Waals surface area contributed by atoms with Gasteiger partial charge in [0.25, 0.3) is 17.7 Å². The van der Waals surface area contributed by atoms with Gasteiger partial charge in [0.15, 0.2) is 0 Å². The Morgan fingerprint density at radius 2 is 1.89 bits per heavy atom. The van der Waals surface area contributed by atoms with E-state index < -0.39 is 5.91 Å². The van der Waals surface area contributed by atoms with Gasteiger partial charge >= 0.3 is 0 Å². The van der Waals surface area contributed by atoms with Crippen molar-refractivity contribution in [3.8, 4) is 5.88 Å². The normalized spacial score (nSPS) is 16.4. The number of imide groups is 1. The van der Waals surface area contributed by atoms with Crippen molar-refractivity contribution < 1.29 is 19.1 Å². The van der Waals surface area contributed by atoms with Crippen molar-refractivity contribution in [3.05, 3.63) is 58.8 Å². The summed E-state index contributed by atoms with van der Waals surface area (Å²) in [6, 6.07) is 8.20. The third-order valence-corrected chi connectivity index (χ3v) is 5.19. The number of nitrogens with zero attached hydrogens (tertiary/aromatic N) is 2. The summed E-state index contributed by atoms with van der Waals surface area (Å²) in [4.78, 5) is 41.8. The molecule has 144 valence electrons. The summed E-state index contributed by atoms with van der Waals surface area (Å²) in [7, 11) is 1.43. The van der Waals surface area contributed by atoms with Crippen LogP contribution in [0.3, 0.4) is 0 Å². The van der Waals surface area contributed by atoms with Gasteiger partial charge in [-0.2, -0.15) is 0 Å². The predicted octanol–water partition coefficient (Wildman–Crippen LogP) is 2.56. The number of pyridine rings is 1. The van der Waals surface area contributed by atoms with Gasteiger partial charge in [0.2, 0.25) is 5.88 Å². The highest BCUT2D eigenvalue weighted by Gasteiger charge is 2.33. The summed E-state index contributed by atoms with van der Waals surface area (Å²) in [5.41, 5.74) is 1.80. The number of ether oxygens (including phenoxy) is 1. The molecular weight excluding hydrogens is 358 g/mol. The van der Waals surface area contributed by atoms with Gasteiger partial charge in [0, 0.05) is 31.4 Å². The molecule has 1 aliphatic carbocycles. The van der Waals surface area contributed by atoms with Crippen LogP contribution in [0.1, 0.15) is 62.3 Å². The Kier molecular flexibility index (Phi) is 4.81. The number of fused-ring (bicyclic) bond motifs is 1. The highest BCUT2D eigenvalue weighted by atomic mass is 16.5. The molecule has 4 rings (SSSR count). The predicted molar refractivity (Wildman–Crippen MR) is 101 cm³/mol. The third-order valence-electron chi connectivity index (χ3n) is 5.19. The Labute approximate surface area is 162 Å². The molecule has 1 aromatic heterocycles.